The van der Waals surface area contributed by atoms with Crippen molar-refractivity contribution in [3.05, 3.63) is 23.4 Å². The summed E-state index contributed by atoms with van der Waals surface area (Å²) in [6, 6.07) is 3.44. The van der Waals surface area contributed by atoms with Gasteiger partial charge >= 0.3 is 0 Å². The topological polar surface area (TPSA) is 70.5 Å². The Labute approximate surface area is 95.7 Å². The predicted octanol–water partition coefficient (Wildman–Crippen LogP) is 2.31. The van der Waals surface area contributed by atoms with Crippen LogP contribution in [0.1, 0.15) is 0 Å². The van der Waals surface area contributed by atoms with Gasteiger partial charge in [-0.2, -0.15) is 0 Å². The molecule has 0 amide bonds. The number of nitrogens with two attached hydrogens (primary N) is 1. The first kappa shape index (κ1) is 9.35. The molecule has 0 bridgehead atoms. The van der Waals surface area contributed by atoms with Gasteiger partial charge in [-0.3, -0.25) is 0 Å². The number of anilines is 1. The number of hydrogen-bond acceptors (Lipinski definition) is 5. The molecule has 2 aromatic rings. The molecule has 82 valence electrons. The molecule has 5 nitrogen and oxygen atoms in total. The van der Waals surface area contributed by atoms with Crippen LogP contribution in [0.15, 0.2) is 22.9 Å². The molecule has 3 rings (SSSR count). The molecule has 1 aromatic heterocycles. The van der Waals surface area contributed by atoms with E-state index in [2.05, 4.69) is 5.16 Å². The van der Waals surface area contributed by atoms with E-state index in [1.807, 2.05) is 0 Å². The lowest BCUT2D eigenvalue weighted by Gasteiger charge is -2.03. The van der Waals surface area contributed by atoms with Crippen molar-refractivity contribution >= 4 is 17.5 Å². The van der Waals surface area contributed by atoms with Gasteiger partial charge in [-0.05, 0) is 6.07 Å². The number of aromatic nitrogens is 1. The summed E-state index contributed by atoms with van der Waals surface area (Å²) >= 11 is 6.11. The number of hydrogen-bond donors (Lipinski definition) is 1. The second kappa shape index (κ2) is 3.31. The molecule has 1 aliphatic heterocycles. The van der Waals surface area contributed by atoms with Crippen molar-refractivity contribution in [1.29, 1.82) is 0 Å². The van der Waals surface area contributed by atoms with Gasteiger partial charge in [-0.25, -0.2) is 0 Å². The van der Waals surface area contributed by atoms with Crippen LogP contribution in [0.4, 0.5) is 5.88 Å². The first-order valence-corrected chi connectivity index (χ1v) is 4.93. The Bertz CT molecular complexity index is 553. The third-order valence-electron chi connectivity index (χ3n) is 2.35. The van der Waals surface area contributed by atoms with Crippen LogP contribution in [0.2, 0.25) is 5.02 Å². The van der Waals surface area contributed by atoms with Crippen molar-refractivity contribution in [3.63, 3.8) is 0 Å². The zero-order chi connectivity index (χ0) is 11.1. The number of benzene rings is 1. The number of nitrogens with zero attached hydrogens (tertiary/aromatic N) is 1. The largest absolute Gasteiger partial charge is 0.454 e. The highest BCUT2D eigenvalue weighted by atomic mass is 35.5. The van der Waals surface area contributed by atoms with E-state index in [1.165, 1.54) is 6.20 Å². The second-order valence-corrected chi connectivity index (χ2v) is 3.70. The highest BCUT2D eigenvalue weighted by molar-refractivity contribution is 6.33. The molecular formula is C10H7ClN2O3. The van der Waals surface area contributed by atoms with Crippen molar-refractivity contribution in [2.75, 3.05) is 12.5 Å². The highest BCUT2D eigenvalue weighted by Gasteiger charge is 2.19. The van der Waals surface area contributed by atoms with Gasteiger partial charge in [0.2, 0.25) is 12.7 Å². The number of ether oxygens (including phenoxy) is 2. The van der Waals surface area contributed by atoms with Gasteiger partial charge < -0.3 is 19.7 Å². The van der Waals surface area contributed by atoms with Gasteiger partial charge in [0, 0.05) is 11.6 Å². The Morgan fingerprint density at radius 1 is 1.19 bits per heavy atom. The summed E-state index contributed by atoms with van der Waals surface area (Å²) in [5.41, 5.74) is 6.98. The maximum atomic E-state index is 6.11. The lowest BCUT2D eigenvalue weighted by Crippen LogP contribution is -1.92. The standard InChI is InChI=1S/C10H7ClN2O3/c11-7-2-9-8(14-4-15-9)1-5(7)6-3-13-16-10(6)12/h1-3H,4,12H2. The lowest BCUT2D eigenvalue weighted by atomic mass is 10.1. The maximum absolute atomic E-state index is 6.11. The molecule has 0 atom stereocenters. The lowest BCUT2D eigenvalue weighted by molar-refractivity contribution is 0.174. The van der Waals surface area contributed by atoms with Crippen LogP contribution in [0.5, 0.6) is 11.5 Å². The summed E-state index contributed by atoms with van der Waals surface area (Å²) in [5.74, 6) is 1.49. The minimum absolute atomic E-state index is 0.203. The highest BCUT2D eigenvalue weighted by Crippen LogP contribution is 2.42. The molecular weight excluding hydrogens is 232 g/mol. The Kier molecular flexibility index (Phi) is 1.94. The number of rotatable bonds is 1. The van der Waals surface area contributed by atoms with Crippen LogP contribution >= 0.6 is 11.6 Å². The molecule has 6 heteroatoms. The first-order valence-electron chi connectivity index (χ1n) is 4.55. The van der Waals surface area contributed by atoms with Crippen molar-refractivity contribution < 1.29 is 14.0 Å². The third-order valence-corrected chi connectivity index (χ3v) is 2.66. The zero-order valence-corrected chi connectivity index (χ0v) is 8.82. The van der Waals surface area contributed by atoms with Gasteiger partial charge in [-0.15, -0.1) is 0 Å². The Morgan fingerprint density at radius 2 is 1.94 bits per heavy atom. The quantitative estimate of drug-likeness (QED) is 0.826. The Hall–Kier alpha value is -1.88. The zero-order valence-electron chi connectivity index (χ0n) is 8.07. The van der Waals surface area contributed by atoms with E-state index in [4.69, 9.17) is 31.3 Å². The SMILES string of the molecule is Nc1oncc1-c1cc2c(cc1Cl)OCO2. The van der Waals surface area contributed by atoms with Gasteiger partial charge in [0.1, 0.15) is 0 Å². The molecule has 0 saturated heterocycles. The molecule has 1 aliphatic rings. The third kappa shape index (κ3) is 1.29. The van der Waals surface area contributed by atoms with Crippen molar-refractivity contribution in [3.8, 4) is 22.6 Å². The summed E-state index contributed by atoms with van der Waals surface area (Å²) in [5, 5.41) is 4.12. The van der Waals surface area contributed by atoms with Gasteiger partial charge in [0.15, 0.2) is 11.5 Å². The fraction of sp³-hybridized carbons (Fsp3) is 0.100. The number of halogens is 1. The summed E-state index contributed by atoms with van der Waals surface area (Å²) in [7, 11) is 0. The number of fused-ring (bicyclic) bond motifs is 1. The van der Waals surface area contributed by atoms with Crippen LogP contribution in [0.25, 0.3) is 11.1 Å². The fourth-order valence-electron chi connectivity index (χ4n) is 1.57. The normalized spacial score (nSPS) is 13.1. The summed E-state index contributed by atoms with van der Waals surface area (Å²) in [6.45, 7) is 0.203. The van der Waals surface area contributed by atoms with Crippen LogP contribution in [-0.4, -0.2) is 11.9 Å². The van der Waals surface area contributed by atoms with Crippen LogP contribution in [0.3, 0.4) is 0 Å². The second-order valence-electron chi connectivity index (χ2n) is 3.29. The first-order chi connectivity index (χ1) is 7.75. The molecule has 0 aliphatic carbocycles. The minimum Gasteiger partial charge on any atom is -0.454 e. The smallest absolute Gasteiger partial charge is 0.231 e. The van der Waals surface area contributed by atoms with Crippen molar-refractivity contribution in [2.24, 2.45) is 0 Å². The van der Waals surface area contributed by atoms with E-state index >= 15 is 0 Å². The van der Waals surface area contributed by atoms with Crippen LogP contribution < -0.4 is 15.2 Å². The molecule has 0 unspecified atom stereocenters. The predicted molar refractivity (Wildman–Crippen MR) is 57.5 cm³/mol. The van der Waals surface area contributed by atoms with Gasteiger partial charge in [-0.1, -0.05) is 16.8 Å². The van der Waals surface area contributed by atoms with Crippen molar-refractivity contribution in [1.82, 2.24) is 5.16 Å². The average molecular weight is 239 g/mol. The summed E-state index contributed by atoms with van der Waals surface area (Å²) < 4.78 is 15.3. The molecule has 1 aromatic carbocycles. The molecule has 0 radical (unpaired) electrons. The van der Waals surface area contributed by atoms with E-state index in [0.717, 1.165) is 0 Å². The van der Waals surface area contributed by atoms with E-state index in [1.54, 1.807) is 12.1 Å². The van der Waals surface area contributed by atoms with Crippen molar-refractivity contribution in [2.45, 2.75) is 0 Å². The minimum atomic E-state index is 0.203. The van der Waals surface area contributed by atoms with E-state index in [0.29, 0.717) is 27.6 Å². The summed E-state index contributed by atoms with van der Waals surface area (Å²) in [6.07, 6.45) is 1.51. The monoisotopic (exact) mass is 238 g/mol. The summed E-state index contributed by atoms with van der Waals surface area (Å²) in [4.78, 5) is 0. The fourth-order valence-corrected chi connectivity index (χ4v) is 1.83. The van der Waals surface area contributed by atoms with E-state index in [-0.39, 0.29) is 12.7 Å². The van der Waals surface area contributed by atoms with E-state index in [9.17, 15) is 0 Å². The molecule has 16 heavy (non-hydrogen) atoms. The number of nitrogen functional groups attached to an aromatic ring is 1. The molecule has 0 saturated carbocycles. The Morgan fingerprint density at radius 3 is 2.62 bits per heavy atom. The van der Waals surface area contributed by atoms with Gasteiger partial charge in [0.25, 0.3) is 0 Å². The van der Waals surface area contributed by atoms with Gasteiger partial charge in [0.05, 0.1) is 16.8 Å². The molecule has 0 fully saturated rings. The molecule has 0 spiro atoms. The van der Waals surface area contributed by atoms with E-state index < -0.39 is 0 Å². The van der Waals surface area contributed by atoms with Crippen LogP contribution in [-0.2, 0) is 0 Å². The van der Waals surface area contributed by atoms with Crippen LogP contribution in [0, 0.1) is 0 Å². The average Bonchev–Trinajstić information content (AvgIpc) is 2.85. The molecule has 2 heterocycles. The molecule has 2 N–H and O–H groups in total. The maximum Gasteiger partial charge on any atom is 0.231 e. The Balaban J connectivity index is 2.18.